The van der Waals surface area contributed by atoms with Gasteiger partial charge in [-0.2, -0.15) is 0 Å². The predicted molar refractivity (Wildman–Crippen MR) is 131 cm³/mol. The molecule has 4 amide bonds. The fraction of sp³-hybridized carbons (Fsp3) is 0.192. The number of hydrogen-bond acceptors (Lipinski definition) is 4. The summed E-state index contributed by atoms with van der Waals surface area (Å²) in [7, 11) is 1.58. The molecule has 0 aliphatic carbocycles. The molecule has 1 heterocycles. The molecule has 4 rings (SSSR count). The van der Waals surface area contributed by atoms with Gasteiger partial charge in [-0.15, -0.1) is 0 Å². The fourth-order valence-corrected chi connectivity index (χ4v) is 4.09. The maximum Gasteiger partial charge on any atom is 0.332 e. The normalized spacial score (nSPS) is 15.5. The highest BCUT2D eigenvalue weighted by Gasteiger charge is 2.46. The van der Waals surface area contributed by atoms with E-state index in [2.05, 4.69) is 5.32 Å². The van der Waals surface area contributed by atoms with Crippen molar-refractivity contribution in [1.29, 1.82) is 0 Å². The summed E-state index contributed by atoms with van der Waals surface area (Å²) in [5, 5.41) is 3.03. The number of halogens is 2. The average molecular weight is 496 g/mol. The molecule has 7 nitrogen and oxygen atoms in total. The van der Waals surface area contributed by atoms with Crippen molar-refractivity contribution < 1.29 is 23.5 Å². The number of nitrogens with one attached hydrogen (secondary N) is 1. The first-order valence-corrected chi connectivity index (χ1v) is 11.3. The summed E-state index contributed by atoms with van der Waals surface area (Å²) in [5.74, 6) is -0.698. The number of hydrogen-bond donors (Lipinski definition) is 1. The largest absolute Gasteiger partial charge is 0.497 e. The molecular weight excluding hydrogens is 473 g/mol. The Morgan fingerprint density at radius 1 is 1.06 bits per heavy atom. The van der Waals surface area contributed by atoms with Gasteiger partial charge in [-0.1, -0.05) is 29.8 Å². The second-order valence-corrected chi connectivity index (χ2v) is 8.44. The Hall–Kier alpha value is -3.91. The maximum atomic E-state index is 13.3. The van der Waals surface area contributed by atoms with Crippen molar-refractivity contribution >= 4 is 40.8 Å². The standard InChI is InChI=1S/C26H23ClFN3O4/c1-35-22-11-5-17(6-12-22)13-14-30-23(16-24(32)29-20-9-7-19(28)8-10-20)25(33)31(26(30)34)21-4-2-3-18(27)15-21/h2-12,15,23H,13-14,16H2,1H3,(H,29,32). The molecule has 0 aromatic heterocycles. The molecule has 9 heteroatoms. The van der Waals surface area contributed by atoms with E-state index in [9.17, 15) is 18.8 Å². The van der Waals surface area contributed by atoms with Gasteiger partial charge in [-0.05, 0) is 66.6 Å². The number of carbonyl (C=O) groups excluding carboxylic acids is 3. The Morgan fingerprint density at radius 2 is 1.77 bits per heavy atom. The fourth-order valence-electron chi connectivity index (χ4n) is 3.90. The first kappa shape index (κ1) is 24.2. The lowest BCUT2D eigenvalue weighted by atomic mass is 10.1. The summed E-state index contributed by atoms with van der Waals surface area (Å²) < 4.78 is 18.3. The highest BCUT2D eigenvalue weighted by molar-refractivity contribution is 6.31. The van der Waals surface area contributed by atoms with E-state index < -0.39 is 29.7 Å². The molecular formula is C26H23ClFN3O4. The quantitative estimate of drug-likeness (QED) is 0.451. The van der Waals surface area contributed by atoms with Crippen molar-refractivity contribution in [2.24, 2.45) is 0 Å². The summed E-state index contributed by atoms with van der Waals surface area (Å²) in [6.45, 7) is 0.225. The second-order valence-electron chi connectivity index (χ2n) is 8.00. The van der Waals surface area contributed by atoms with Gasteiger partial charge in [0.2, 0.25) is 5.91 Å². The number of carbonyl (C=O) groups is 3. The van der Waals surface area contributed by atoms with Crippen molar-refractivity contribution in [2.75, 3.05) is 23.9 Å². The summed E-state index contributed by atoms with van der Waals surface area (Å²) in [5.41, 5.74) is 1.68. The van der Waals surface area contributed by atoms with Gasteiger partial charge in [0.25, 0.3) is 5.91 Å². The Labute approximate surface area is 207 Å². The van der Waals surface area contributed by atoms with E-state index in [0.29, 0.717) is 28.6 Å². The van der Waals surface area contributed by atoms with Crippen molar-refractivity contribution in [3.8, 4) is 5.75 Å². The van der Waals surface area contributed by atoms with Crippen molar-refractivity contribution in [2.45, 2.75) is 18.9 Å². The zero-order chi connectivity index (χ0) is 24.9. The van der Waals surface area contributed by atoms with Crippen molar-refractivity contribution in [1.82, 2.24) is 4.90 Å². The average Bonchev–Trinajstić information content (AvgIpc) is 3.08. The minimum absolute atomic E-state index is 0.225. The van der Waals surface area contributed by atoms with E-state index in [4.69, 9.17) is 16.3 Å². The molecule has 1 aliphatic heterocycles. The van der Waals surface area contributed by atoms with Crippen LogP contribution in [-0.4, -0.2) is 42.4 Å². The molecule has 1 saturated heterocycles. The van der Waals surface area contributed by atoms with Crippen LogP contribution in [0.2, 0.25) is 5.02 Å². The van der Waals surface area contributed by atoms with E-state index in [1.807, 2.05) is 24.3 Å². The number of amides is 4. The minimum Gasteiger partial charge on any atom is -0.497 e. The number of urea groups is 1. The molecule has 0 spiro atoms. The Kier molecular flexibility index (Phi) is 7.31. The van der Waals surface area contributed by atoms with Crippen LogP contribution in [0.25, 0.3) is 0 Å². The lowest BCUT2D eigenvalue weighted by Crippen LogP contribution is -2.39. The van der Waals surface area contributed by atoms with Gasteiger partial charge in [-0.25, -0.2) is 14.1 Å². The number of methoxy groups -OCH3 is 1. The molecule has 0 saturated carbocycles. The highest BCUT2D eigenvalue weighted by Crippen LogP contribution is 2.29. The Morgan fingerprint density at radius 3 is 2.43 bits per heavy atom. The first-order valence-electron chi connectivity index (χ1n) is 10.9. The number of imide groups is 1. The molecule has 3 aromatic rings. The monoisotopic (exact) mass is 495 g/mol. The van der Waals surface area contributed by atoms with Crippen molar-refractivity contribution in [3.63, 3.8) is 0 Å². The summed E-state index contributed by atoms with van der Waals surface area (Å²) >= 11 is 6.08. The molecule has 1 atom stereocenters. The van der Waals surface area contributed by atoms with Crippen LogP contribution < -0.4 is 15.0 Å². The third-order valence-electron chi connectivity index (χ3n) is 5.69. The molecule has 35 heavy (non-hydrogen) atoms. The van der Waals surface area contributed by atoms with E-state index in [0.717, 1.165) is 10.5 Å². The van der Waals surface area contributed by atoms with Crippen LogP contribution in [0.3, 0.4) is 0 Å². The van der Waals surface area contributed by atoms with Crippen LogP contribution in [0.5, 0.6) is 5.75 Å². The molecule has 0 bridgehead atoms. The number of ether oxygens (including phenoxy) is 1. The molecule has 1 aliphatic rings. The van der Waals surface area contributed by atoms with Gasteiger partial charge in [0.15, 0.2) is 0 Å². The molecule has 0 radical (unpaired) electrons. The third-order valence-corrected chi connectivity index (χ3v) is 5.93. The van der Waals surface area contributed by atoms with Crippen LogP contribution in [-0.2, 0) is 16.0 Å². The summed E-state index contributed by atoms with van der Waals surface area (Å²) in [4.78, 5) is 41.9. The SMILES string of the molecule is COc1ccc(CCN2C(=O)N(c3cccc(Cl)c3)C(=O)C2CC(=O)Nc2ccc(F)cc2)cc1. The van der Waals surface area contributed by atoms with E-state index in [-0.39, 0.29) is 13.0 Å². The van der Waals surface area contributed by atoms with E-state index in [1.165, 1.54) is 35.2 Å². The van der Waals surface area contributed by atoms with Gasteiger partial charge in [0, 0.05) is 17.3 Å². The first-order chi connectivity index (χ1) is 16.9. The Balaban J connectivity index is 1.55. The number of nitrogens with zero attached hydrogens (tertiary/aromatic N) is 2. The molecule has 1 unspecified atom stereocenters. The van der Waals surface area contributed by atoms with Gasteiger partial charge in [-0.3, -0.25) is 9.59 Å². The number of anilines is 2. The topological polar surface area (TPSA) is 79.0 Å². The third kappa shape index (κ3) is 5.60. The predicted octanol–water partition coefficient (Wildman–Crippen LogP) is 4.90. The Bertz CT molecular complexity index is 1230. The zero-order valence-corrected chi connectivity index (χ0v) is 19.7. The van der Waals surface area contributed by atoms with Gasteiger partial charge >= 0.3 is 6.03 Å². The van der Waals surface area contributed by atoms with Crippen LogP contribution in [0, 0.1) is 5.82 Å². The van der Waals surface area contributed by atoms with E-state index in [1.54, 1.807) is 25.3 Å². The van der Waals surface area contributed by atoms with Crippen LogP contribution >= 0.6 is 11.6 Å². The smallest absolute Gasteiger partial charge is 0.332 e. The number of rotatable bonds is 8. The van der Waals surface area contributed by atoms with E-state index >= 15 is 0 Å². The van der Waals surface area contributed by atoms with Crippen LogP contribution in [0.4, 0.5) is 20.6 Å². The zero-order valence-electron chi connectivity index (χ0n) is 18.9. The van der Waals surface area contributed by atoms with Gasteiger partial charge < -0.3 is 15.0 Å². The molecule has 1 N–H and O–H groups in total. The van der Waals surface area contributed by atoms with Gasteiger partial charge in [0.05, 0.1) is 19.2 Å². The van der Waals surface area contributed by atoms with Crippen LogP contribution in [0.1, 0.15) is 12.0 Å². The minimum atomic E-state index is -1.000. The summed E-state index contributed by atoms with van der Waals surface area (Å²) in [6, 6.07) is 17.6. The molecule has 180 valence electrons. The highest BCUT2D eigenvalue weighted by atomic mass is 35.5. The van der Waals surface area contributed by atoms with Crippen LogP contribution in [0.15, 0.2) is 72.8 Å². The lowest BCUT2D eigenvalue weighted by Gasteiger charge is -2.21. The molecule has 1 fully saturated rings. The molecule has 3 aromatic carbocycles. The van der Waals surface area contributed by atoms with Crippen molar-refractivity contribution in [3.05, 3.63) is 89.2 Å². The number of benzene rings is 3. The van der Waals surface area contributed by atoms with Gasteiger partial charge in [0.1, 0.15) is 17.6 Å². The second kappa shape index (κ2) is 10.6. The maximum absolute atomic E-state index is 13.3. The summed E-state index contributed by atoms with van der Waals surface area (Å²) in [6.07, 6.45) is 0.226. The lowest BCUT2D eigenvalue weighted by molar-refractivity contribution is -0.124.